The number of amides is 2. The van der Waals surface area contributed by atoms with E-state index in [4.69, 9.17) is 0 Å². The maximum absolute atomic E-state index is 12.0. The Bertz CT molecular complexity index is 307. The molecule has 0 heterocycles. The van der Waals surface area contributed by atoms with E-state index in [1.807, 2.05) is 13.8 Å². The second kappa shape index (κ2) is 7.51. The van der Waals surface area contributed by atoms with Gasteiger partial charge < -0.3 is 10.6 Å². The quantitative estimate of drug-likeness (QED) is 0.803. The minimum Gasteiger partial charge on any atom is -0.352 e. The van der Waals surface area contributed by atoms with Crippen molar-refractivity contribution in [3.05, 3.63) is 0 Å². The van der Waals surface area contributed by atoms with E-state index < -0.39 is 6.04 Å². The average Bonchev–Trinajstić information content (AvgIpc) is 2.30. The summed E-state index contributed by atoms with van der Waals surface area (Å²) in [7, 11) is 0. The first-order chi connectivity index (χ1) is 8.88. The lowest BCUT2D eigenvalue weighted by Crippen LogP contribution is -2.48. The molecule has 2 amide bonds. The van der Waals surface area contributed by atoms with Gasteiger partial charge in [-0.05, 0) is 44.4 Å². The zero-order valence-corrected chi connectivity index (χ0v) is 12.7. The normalized spacial score (nSPS) is 24.9. The Labute approximate surface area is 116 Å². The van der Waals surface area contributed by atoms with Gasteiger partial charge >= 0.3 is 0 Å². The summed E-state index contributed by atoms with van der Waals surface area (Å²) >= 11 is 0. The van der Waals surface area contributed by atoms with Crippen molar-refractivity contribution in [2.75, 3.05) is 0 Å². The van der Waals surface area contributed by atoms with E-state index in [9.17, 15) is 9.59 Å². The predicted octanol–water partition coefficient (Wildman–Crippen LogP) is 2.23. The molecule has 1 rings (SSSR count). The zero-order valence-electron chi connectivity index (χ0n) is 12.7. The highest BCUT2D eigenvalue weighted by Gasteiger charge is 2.22. The van der Waals surface area contributed by atoms with Crippen molar-refractivity contribution in [1.82, 2.24) is 10.6 Å². The standard InChI is InChI=1S/C15H28N2O2/c1-10(2)9-14(18)16-12(4)15(19)17-13-7-5-11(3)6-8-13/h10-13H,5-9H2,1-4H3,(H,16,18)(H,17,19)/t11?,12-,13?/m0/s1. The van der Waals surface area contributed by atoms with Crippen LogP contribution in [0.5, 0.6) is 0 Å². The fourth-order valence-corrected chi connectivity index (χ4v) is 2.47. The maximum Gasteiger partial charge on any atom is 0.242 e. The summed E-state index contributed by atoms with van der Waals surface area (Å²) in [4.78, 5) is 23.6. The smallest absolute Gasteiger partial charge is 0.242 e. The molecule has 1 aliphatic carbocycles. The van der Waals surface area contributed by atoms with Crippen LogP contribution in [-0.4, -0.2) is 23.9 Å². The Balaban J connectivity index is 2.30. The molecule has 4 nitrogen and oxygen atoms in total. The molecule has 1 aliphatic rings. The van der Waals surface area contributed by atoms with Gasteiger partial charge in [-0.1, -0.05) is 20.8 Å². The Kier molecular flexibility index (Phi) is 6.32. The van der Waals surface area contributed by atoms with E-state index in [1.54, 1.807) is 6.92 Å². The summed E-state index contributed by atoms with van der Waals surface area (Å²) in [6, 6.07) is -0.154. The molecule has 0 saturated heterocycles. The minimum atomic E-state index is -0.439. The van der Waals surface area contributed by atoms with Gasteiger partial charge in [0.05, 0.1) is 0 Å². The van der Waals surface area contributed by atoms with Crippen molar-refractivity contribution in [3.63, 3.8) is 0 Å². The number of carbonyl (C=O) groups is 2. The van der Waals surface area contributed by atoms with Crippen LogP contribution in [0, 0.1) is 11.8 Å². The van der Waals surface area contributed by atoms with Crippen LogP contribution in [-0.2, 0) is 9.59 Å². The molecule has 0 aromatic rings. The third-order valence-corrected chi connectivity index (χ3v) is 3.73. The van der Waals surface area contributed by atoms with E-state index in [2.05, 4.69) is 17.6 Å². The van der Waals surface area contributed by atoms with Crippen molar-refractivity contribution < 1.29 is 9.59 Å². The molecule has 1 saturated carbocycles. The fraction of sp³-hybridized carbons (Fsp3) is 0.867. The van der Waals surface area contributed by atoms with Crippen molar-refractivity contribution >= 4 is 11.8 Å². The molecular formula is C15H28N2O2. The second-order valence-electron chi connectivity index (χ2n) is 6.35. The van der Waals surface area contributed by atoms with Crippen LogP contribution in [0.25, 0.3) is 0 Å². The van der Waals surface area contributed by atoms with Crippen LogP contribution in [0.3, 0.4) is 0 Å². The topological polar surface area (TPSA) is 58.2 Å². The summed E-state index contributed by atoms with van der Waals surface area (Å²) < 4.78 is 0. The Hall–Kier alpha value is -1.06. The number of hydrogen-bond donors (Lipinski definition) is 2. The third kappa shape index (κ3) is 6.08. The van der Waals surface area contributed by atoms with Crippen molar-refractivity contribution in [2.24, 2.45) is 11.8 Å². The zero-order chi connectivity index (χ0) is 14.4. The van der Waals surface area contributed by atoms with Gasteiger partial charge in [-0.25, -0.2) is 0 Å². The molecular weight excluding hydrogens is 240 g/mol. The number of carbonyl (C=O) groups excluding carboxylic acids is 2. The monoisotopic (exact) mass is 268 g/mol. The Morgan fingerprint density at radius 3 is 2.21 bits per heavy atom. The molecule has 4 heteroatoms. The Morgan fingerprint density at radius 2 is 1.68 bits per heavy atom. The lowest BCUT2D eigenvalue weighted by Gasteiger charge is -2.28. The van der Waals surface area contributed by atoms with Crippen LogP contribution in [0.1, 0.15) is 59.8 Å². The highest BCUT2D eigenvalue weighted by Crippen LogP contribution is 2.23. The van der Waals surface area contributed by atoms with Gasteiger partial charge in [-0.2, -0.15) is 0 Å². The van der Waals surface area contributed by atoms with Gasteiger partial charge in [0.25, 0.3) is 0 Å². The highest BCUT2D eigenvalue weighted by atomic mass is 16.2. The van der Waals surface area contributed by atoms with E-state index in [1.165, 1.54) is 12.8 Å². The molecule has 0 unspecified atom stereocenters. The van der Waals surface area contributed by atoms with Crippen LogP contribution < -0.4 is 10.6 Å². The Morgan fingerprint density at radius 1 is 1.11 bits per heavy atom. The summed E-state index contributed by atoms with van der Waals surface area (Å²) in [6.07, 6.45) is 4.94. The van der Waals surface area contributed by atoms with Crippen LogP contribution >= 0.6 is 0 Å². The van der Waals surface area contributed by atoms with Gasteiger partial charge in [-0.3, -0.25) is 9.59 Å². The molecule has 1 atom stereocenters. The van der Waals surface area contributed by atoms with Gasteiger partial charge in [0.2, 0.25) is 11.8 Å². The molecule has 0 aromatic heterocycles. The number of rotatable bonds is 5. The SMILES string of the molecule is CC(C)CC(=O)N[C@@H](C)C(=O)NC1CCC(C)CC1. The van der Waals surface area contributed by atoms with Crippen LogP contribution in [0.15, 0.2) is 0 Å². The van der Waals surface area contributed by atoms with E-state index >= 15 is 0 Å². The molecule has 110 valence electrons. The van der Waals surface area contributed by atoms with Crippen molar-refractivity contribution in [2.45, 2.75) is 71.9 Å². The lowest BCUT2D eigenvalue weighted by molar-refractivity contribution is -0.129. The summed E-state index contributed by atoms with van der Waals surface area (Å²) in [5.41, 5.74) is 0. The molecule has 1 fully saturated rings. The second-order valence-corrected chi connectivity index (χ2v) is 6.35. The largest absolute Gasteiger partial charge is 0.352 e. The van der Waals surface area contributed by atoms with Crippen molar-refractivity contribution in [3.8, 4) is 0 Å². The van der Waals surface area contributed by atoms with Gasteiger partial charge in [0, 0.05) is 12.5 Å². The fourth-order valence-electron chi connectivity index (χ4n) is 2.47. The molecule has 0 spiro atoms. The molecule has 0 radical (unpaired) electrons. The average molecular weight is 268 g/mol. The highest BCUT2D eigenvalue weighted by molar-refractivity contribution is 5.87. The van der Waals surface area contributed by atoms with E-state index in [0.29, 0.717) is 12.3 Å². The summed E-state index contributed by atoms with van der Waals surface area (Å²) in [5.74, 6) is 0.984. The van der Waals surface area contributed by atoms with E-state index in [0.717, 1.165) is 18.8 Å². The molecule has 0 bridgehead atoms. The predicted molar refractivity (Wildman–Crippen MR) is 76.6 cm³/mol. The number of nitrogens with one attached hydrogen (secondary N) is 2. The molecule has 0 aliphatic heterocycles. The van der Waals surface area contributed by atoms with Gasteiger partial charge in [0.15, 0.2) is 0 Å². The third-order valence-electron chi connectivity index (χ3n) is 3.73. The summed E-state index contributed by atoms with van der Waals surface area (Å²) in [5, 5.41) is 5.80. The lowest BCUT2D eigenvalue weighted by atomic mass is 9.87. The maximum atomic E-state index is 12.0. The first kappa shape index (κ1) is 16.0. The van der Waals surface area contributed by atoms with Gasteiger partial charge in [-0.15, -0.1) is 0 Å². The van der Waals surface area contributed by atoms with Crippen LogP contribution in [0.2, 0.25) is 0 Å². The van der Waals surface area contributed by atoms with Crippen LogP contribution in [0.4, 0.5) is 0 Å². The molecule has 19 heavy (non-hydrogen) atoms. The minimum absolute atomic E-state index is 0.0464. The first-order valence-corrected chi connectivity index (χ1v) is 7.48. The number of hydrogen-bond acceptors (Lipinski definition) is 2. The van der Waals surface area contributed by atoms with E-state index in [-0.39, 0.29) is 17.9 Å². The van der Waals surface area contributed by atoms with Crippen molar-refractivity contribution in [1.29, 1.82) is 0 Å². The first-order valence-electron chi connectivity index (χ1n) is 7.48. The summed E-state index contributed by atoms with van der Waals surface area (Å²) in [6.45, 7) is 7.99. The molecule has 2 N–H and O–H groups in total. The van der Waals surface area contributed by atoms with Gasteiger partial charge in [0.1, 0.15) is 6.04 Å². The molecule has 0 aromatic carbocycles.